The molecular weight excluding hydrogens is 428 g/mol. The number of carbonyl (C=O) groups excluding carboxylic acids is 2. The summed E-state index contributed by atoms with van der Waals surface area (Å²) in [4.78, 5) is 53.7. The number of aromatic nitrogens is 2. The minimum Gasteiger partial charge on any atom is -0.384 e. The first-order chi connectivity index (χ1) is 15.6. The normalized spacial score (nSPS) is 14.9. The second kappa shape index (κ2) is 10.0. The molecule has 0 radical (unpaired) electrons. The third kappa shape index (κ3) is 5.15. The van der Waals surface area contributed by atoms with Gasteiger partial charge in [-0.15, -0.1) is 0 Å². The summed E-state index contributed by atoms with van der Waals surface area (Å²) in [5.41, 5.74) is 5.94. The van der Waals surface area contributed by atoms with Crippen LogP contribution in [-0.2, 0) is 23.6 Å². The van der Waals surface area contributed by atoms with E-state index in [0.717, 1.165) is 27.9 Å². The van der Waals surface area contributed by atoms with Crippen LogP contribution in [-0.4, -0.2) is 71.7 Å². The van der Waals surface area contributed by atoms with Crippen LogP contribution in [0, 0.1) is 0 Å². The number of benzene rings is 1. The van der Waals surface area contributed by atoms with Gasteiger partial charge in [0, 0.05) is 38.6 Å². The lowest BCUT2D eigenvalue weighted by molar-refractivity contribution is -0.117. The van der Waals surface area contributed by atoms with Gasteiger partial charge in [-0.05, 0) is 38.2 Å². The highest BCUT2D eigenvalue weighted by molar-refractivity contribution is 6.03. The lowest BCUT2D eigenvalue weighted by Crippen LogP contribution is -2.46. The van der Waals surface area contributed by atoms with Crippen molar-refractivity contribution in [3.05, 3.63) is 50.7 Å². The number of hydrogen-bond donors (Lipinski definition) is 2. The van der Waals surface area contributed by atoms with Crippen molar-refractivity contribution in [3.8, 4) is 0 Å². The van der Waals surface area contributed by atoms with Gasteiger partial charge in [-0.2, -0.15) is 0 Å². The van der Waals surface area contributed by atoms with E-state index in [4.69, 9.17) is 10.5 Å². The van der Waals surface area contributed by atoms with Crippen LogP contribution in [0.1, 0.15) is 17.3 Å². The smallest absolute Gasteiger partial charge is 0.332 e. The molecule has 1 unspecified atom stereocenters. The van der Waals surface area contributed by atoms with E-state index in [1.165, 1.54) is 19.0 Å². The lowest BCUT2D eigenvalue weighted by atomic mass is 10.1. The maximum absolute atomic E-state index is 13.0. The van der Waals surface area contributed by atoms with Crippen molar-refractivity contribution < 1.29 is 14.3 Å². The van der Waals surface area contributed by atoms with Crippen LogP contribution in [0.15, 0.2) is 33.9 Å². The number of nitrogens with zero attached hydrogens (tertiary/aromatic N) is 4. The summed E-state index contributed by atoms with van der Waals surface area (Å²) in [6, 6.07) is 6.72. The molecule has 0 bridgehead atoms. The van der Waals surface area contributed by atoms with E-state index in [0.29, 0.717) is 18.9 Å². The van der Waals surface area contributed by atoms with Crippen LogP contribution < -0.4 is 27.2 Å². The van der Waals surface area contributed by atoms with Crippen molar-refractivity contribution in [1.82, 2.24) is 14.0 Å². The van der Waals surface area contributed by atoms with E-state index in [1.807, 2.05) is 24.3 Å². The molecule has 0 aliphatic carbocycles. The second-order valence-corrected chi connectivity index (χ2v) is 8.12. The zero-order valence-electron chi connectivity index (χ0n) is 19.3. The fourth-order valence-electron chi connectivity index (χ4n) is 3.64. The van der Waals surface area contributed by atoms with E-state index in [9.17, 15) is 19.2 Å². The number of likely N-dealkylation sites (N-methyl/N-ethyl adjacent to an activating group) is 1. The summed E-state index contributed by atoms with van der Waals surface area (Å²) in [5, 5.41) is 2.81. The van der Waals surface area contributed by atoms with Crippen molar-refractivity contribution in [2.75, 3.05) is 55.8 Å². The average Bonchev–Trinajstić information content (AvgIpc) is 2.82. The van der Waals surface area contributed by atoms with Crippen LogP contribution in [0.4, 0.5) is 17.2 Å². The van der Waals surface area contributed by atoms with Gasteiger partial charge in [0.15, 0.2) is 5.78 Å². The SMILES string of the molecule is CC(C(=O)c1c(N)n(C)c(=O)n(C)c1=O)N(C)CC(=O)Nc1ccc(N2CCOCC2)cc1. The molecule has 1 aromatic heterocycles. The van der Waals surface area contributed by atoms with Gasteiger partial charge in [-0.25, -0.2) is 4.79 Å². The third-order valence-electron chi connectivity index (χ3n) is 5.92. The highest BCUT2D eigenvalue weighted by atomic mass is 16.5. The molecule has 1 fully saturated rings. The van der Waals surface area contributed by atoms with Crippen molar-refractivity contribution in [2.45, 2.75) is 13.0 Å². The van der Waals surface area contributed by atoms with Crippen LogP contribution in [0.5, 0.6) is 0 Å². The fraction of sp³-hybridized carbons (Fsp3) is 0.455. The van der Waals surface area contributed by atoms with Crippen molar-refractivity contribution >= 4 is 28.9 Å². The number of ketones is 1. The standard InChI is InChI=1S/C22H30N6O5/c1-14(19(30)18-20(23)26(3)22(32)27(4)21(18)31)25(2)13-17(29)24-15-5-7-16(8-6-15)28-9-11-33-12-10-28/h5-8,14H,9-13,23H2,1-4H3,(H,24,29). The molecule has 11 heteroatoms. The summed E-state index contributed by atoms with van der Waals surface area (Å²) in [5.74, 6) is -1.07. The molecule has 1 saturated heterocycles. The van der Waals surface area contributed by atoms with Gasteiger partial charge >= 0.3 is 5.69 Å². The molecule has 3 N–H and O–H groups in total. The molecule has 1 atom stereocenters. The Morgan fingerprint density at radius 2 is 1.73 bits per heavy atom. The molecule has 1 aliphatic rings. The van der Waals surface area contributed by atoms with Crippen molar-refractivity contribution in [2.24, 2.45) is 14.1 Å². The van der Waals surface area contributed by atoms with Gasteiger partial charge in [0.05, 0.1) is 25.8 Å². The first-order valence-corrected chi connectivity index (χ1v) is 10.6. The molecule has 3 rings (SSSR count). The number of carbonyl (C=O) groups is 2. The number of nitrogens with two attached hydrogens (primary N) is 1. The molecule has 1 aromatic carbocycles. The Morgan fingerprint density at radius 3 is 2.33 bits per heavy atom. The third-order valence-corrected chi connectivity index (χ3v) is 5.92. The first-order valence-electron chi connectivity index (χ1n) is 10.6. The van der Waals surface area contributed by atoms with E-state index in [1.54, 1.807) is 14.0 Å². The predicted octanol–water partition coefficient (Wildman–Crippen LogP) is -0.355. The summed E-state index contributed by atoms with van der Waals surface area (Å²) >= 11 is 0. The molecule has 1 amide bonds. The molecule has 2 heterocycles. The topological polar surface area (TPSA) is 132 Å². The Morgan fingerprint density at radius 1 is 1.12 bits per heavy atom. The van der Waals surface area contributed by atoms with E-state index >= 15 is 0 Å². The van der Waals surface area contributed by atoms with E-state index in [2.05, 4.69) is 10.2 Å². The molecular formula is C22H30N6O5. The number of amides is 1. The van der Waals surface area contributed by atoms with Gasteiger partial charge in [0.25, 0.3) is 5.56 Å². The van der Waals surface area contributed by atoms with Gasteiger partial charge in [-0.1, -0.05) is 0 Å². The van der Waals surface area contributed by atoms with Crippen molar-refractivity contribution in [3.63, 3.8) is 0 Å². The Hall–Kier alpha value is -3.44. The van der Waals surface area contributed by atoms with Crippen LogP contribution in [0.25, 0.3) is 0 Å². The zero-order chi connectivity index (χ0) is 24.3. The van der Waals surface area contributed by atoms with Gasteiger partial charge in [0.2, 0.25) is 5.91 Å². The van der Waals surface area contributed by atoms with E-state index < -0.39 is 23.1 Å². The van der Waals surface area contributed by atoms with E-state index in [-0.39, 0.29) is 23.8 Å². The Bertz CT molecular complexity index is 1150. The summed E-state index contributed by atoms with van der Waals surface area (Å²) in [7, 11) is 4.28. The first kappa shape index (κ1) is 24.2. The number of morpholine rings is 1. The largest absolute Gasteiger partial charge is 0.384 e. The summed E-state index contributed by atoms with van der Waals surface area (Å²) < 4.78 is 7.25. The highest BCUT2D eigenvalue weighted by Gasteiger charge is 2.28. The van der Waals surface area contributed by atoms with Crippen LogP contribution in [0.3, 0.4) is 0 Å². The fourth-order valence-corrected chi connectivity index (χ4v) is 3.64. The molecule has 2 aromatic rings. The molecule has 0 saturated carbocycles. The maximum atomic E-state index is 13.0. The molecule has 1 aliphatic heterocycles. The minimum atomic E-state index is -0.813. The van der Waals surface area contributed by atoms with Crippen LogP contribution in [0.2, 0.25) is 0 Å². The number of nitrogens with one attached hydrogen (secondary N) is 1. The number of anilines is 3. The van der Waals surface area contributed by atoms with Crippen LogP contribution >= 0.6 is 0 Å². The number of nitrogen functional groups attached to an aromatic ring is 1. The number of rotatable bonds is 7. The summed E-state index contributed by atoms with van der Waals surface area (Å²) in [6.07, 6.45) is 0. The lowest BCUT2D eigenvalue weighted by Gasteiger charge is -2.29. The quantitative estimate of drug-likeness (QED) is 0.538. The highest BCUT2D eigenvalue weighted by Crippen LogP contribution is 2.19. The summed E-state index contributed by atoms with van der Waals surface area (Å²) in [6.45, 7) is 4.54. The molecule has 33 heavy (non-hydrogen) atoms. The number of Topliss-reactive ketones (excluding diaryl/α,β-unsaturated/α-hetero) is 1. The average molecular weight is 459 g/mol. The number of hydrogen-bond acceptors (Lipinski definition) is 8. The Kier molecular flexibility index (Phi) is 7.34. The zero-order valence-corrected chi connectivity index (χ0v) is 19.3. The molecule has 0 spiro atoms. The van der Waals surface area contributed by atoms with Gasteiger partial charge in [0.1, 0.15) is 11.4 Å². The Labute approximate surface area is 191 Å². The predicted molar refractivity (Wildman–Crippen MR) is 126 cm³/mol. The second-order valence-electron chi connectivity index (χ2n) is 8.12. The molecule has 178 valence electrons. The van der Waals surface area contributed by atoms with Crippen molar-refractivity contribution in [1.29, 1.82) is 0 Å². The maximum Gasteiger partial charge on any atom is 0.332 e. The number of ether oxygens (including phenoxy) is 1. The van der Waals surface area contributed by atoms with Gasteiger partial charge in [-0.3, -0.25) is 28.4 Å². The monoisotopic (exact) mass is 458 g/mol. The molecule has 11 nitrogen and oxygen atoms in total. The van der Waals surface area contributed by atoms with Gasteiger partial charge < -0.3 is 20.7 Å². The minimum absolute atomic E-state index is 0.0793. The Balaban J connectivity index is 1.64.